The summed E-state index contributed by atoms with van der Waals surface area (Å²) < 4.78 is 19.0. The molecule has 1 aromatic heterocycles. The Bertz CT molecular complexity index is 1100. The number of likely N-dealkylation sites (tertiary alicyclic amines) is 1. The highest BCUT2D eigenvalue weighted by atomic mass is 19.1. The summed E-state index contributed by atoms with van der Waals surface area (Å²) in [6.07, 6.45) is 5.04. The first kappa shape index (κ1) is 21.6. The van der Waals surface area contributed by atoms with E-state index in [1.807, 2.05) is 59.5 Å². The molecule has 1 amide bonds. The summed E-state index contributed by atoms with van der Waals surface area (Å²) in [6.45, 7) is 3.05. The molecular weight excluding hydrogens is 405 g/mol. The molecular formula is C26H26FN3O2. The maximum Gasteiger partial charge on any atom is 0.249 e. The lowest BCUT2D eigenvalue weighted by molar-refractivity contribution is 0.100. The van der Waals surface area contributed by atoms with E-state index in [1.165, 1.54) is 6.92 Å². The number of nitrogens with zero attached hydrogens (tertiary/aromatic N) is 2. The lowest BCUT2D eigenvalue weighted by atomic mass is 9.87. The van der Waals surface area contributed by atoms with Crippen molar-refractivity contribution in [2.24, 2.45) is 5.73 Å². The molecule has 0 atom stereocenters. The van der Waals surface area contributed by atoms with Gasteiger partial charge in [0.05, 0.1) is 11.9 Å². The molecule has 0 spiro atoms. The number of piperidine rings is 1. The minimum absolute atomic E-state index is 0.178. The number of hydrogen-bond acceptors (Lipinski definition) is 4. The molecule has 0 radical (unpaired) electrons. The van der Waals surface area contributed by atoms with Crippen LogP contribution in [0.4, 0.5) is 4.39 Å². The summed E-state index contributed by atoms with van der Waals surface area (Å²) in [5, 5.41) is 0. The number of carbonyl (C=O) groups excluding carboxylic acids is 1. The fourth-order valence-electron chi connectivity index (χ4n) is 4.08. The standard InChI is InChI=1S/C26H26FN3O2/c1-18(27)17-30-13-11-19(12-14-30)20-7-9-23(26(28)31)24(15-20)25-10-8-22(16-29-25)32-21-5-3-2-4-6-21/h2-10,15-17,19H,11-14H2,1H3,(H2,28,31). The van der Waals surface area contributed by atoms with E-state index >= 15 is 0 Å². The lowest BCUT2D eigenvalue weighted by Crippen LogP contribution is -2.28. The molecule has 1 saturated heterocycles. The van der Waals surface area contributed by atoms with Crippen LogP contribution in [0.2, 0.25) is 0 Å². The Hall–Kier alpha value is -3.67. The molecule has 3 aromatic rings. The zero-order chi connectivity index (χ0) is 22.5. The summed E-state index contributed by atoms with van der Waals surface area (Å²) >= 11 is 0. The van der Waals surface area contributed by atoms with E-state index in [-0.39, 0.29) is 5.83 Å². The summed E-state index contributed by atoms with van der Waals surface area (Å²) in [5.74, 6) is 1.01. The maximum absolute atomic E-state index is 13.2. The van der Waals surface area contributed by atoms with Gasteiger partial charge in [0, 0.05) is 30.4 Å². The quantitative estimate of drug-likeness (QED) is 0.548. The van der Waals surface area contributed by atoms with Crippen molar-refractivity contribution in [1.82, 2.24) is 9.88 Å². The van der Waals surface area contributed by atoms with Crippen molar-refractivity contribution in [1.29, 1.82) is 0 Å². The highest BCUT2D eigenvalue weighted by Gasteiger charge is 2.21. The third kappa shape index (κ3) is 5.14. The van der Waals surface area contributed by atoms with Crippen LogP contribution in [0, 0.1) is 0 Å². The Morgan fingerprint density at radius 1 is 1.09 bits per heavy atom. The van der Waals surface area contributed by atoms with E-state index in [4.69, 9.17) is 10.5 Å². The molecule has 0 saturated carbocycles. The van der Waals surface area contributed by atoms with Crippen LogP contribution in [-0.2, 0) is 0 Å². The summed E-state index contributed by atoms with van der Waals surface area (Å²) in [5.41, 5.74) is 8.58. The van der Waals surface area contributed by atoms with E-state index < -0.39 is 5.91 Å². The van der Waals surface area contributed by atoms with E-state index in [9.17, 15) is 9.18 Å². The van der Waals surface area contributed by atoms with Gasteiger partial charge in [-0.15, -0.1) is 0 Å². The molecule has 4 rings (SSSR count). The van der Waals surface area contributed by atoms with Crippen molar-refractivity contribution >= 4 is 5.91 Å². The largest absolute Gasteiger partial charge is 0.456 e. The summed E-state index contributed by atoms with van der Waals surface area (Å²) in [6, 6.07) is 18.9. The number of hydrogen-bond donors (Lipinski definition) is 1. The minimum atomic E-state index is -0.490. The molecule has 0 bridgehead atoms. The lowest BCUT2D eigenvalue weighted by Gasteiger charge is -2.31. The number of halogens is 1. The Balaban J connectivity index is 1.56. The molecule has 1 aliphatic heterocycles. The summed E-state index contributed by atoms with van der Waals surface area (Å²) in [4.78, 5) is 18.6. The minimum Gasteiger partial charge on any atom is -0.456 e. The number of primary amides is 1. The number of carbonyl (C=O) groups is 1. The smallest absolute Gasteiger partial charge is 0.249 e. The van der Waals surface area contributed by atoms with Crippen LogP contribution >= 0.6 is 0 Å². The Morgan fingerprint density at radius 2 is 1.84 bits per heavy atom. The van der Waals surface area contributed by atoms with Gasteiger partial charge in [0.15, 0.2) is 0 Å². The van der Waals surface area contributed by atoms with Crippen molar-refractivity contribution in [2.75, 3.05) is 13.1 Å². The number of benzene rings is 2. The van der Waals surface area contributed by atoms with Gasteiger partial charge in [-0.2, -0.15) is 0 Å². The molecule has 2 heterocycles. The zero-order valence-corrected chi connectivity index (χ0v) is 18.0. The number of ether oxygens (including phenoxy) is 1. The number of aromatic nitrogens is 1. The van der Waals surface area contributed by atoms with Crippen molar-refractivity contribution in [3.05, 3.63) is 90.0 Å². The molecule has 32 heavy (non-hydrogen) atoms. The molecule has 2 N–H and O–H groups in total. The van der Waals surface area contributed by atoms with E-state index in [0.717, 1.165) is 37.2 Å². The molecule has 2 aromatic carbocycles. The molecule has 0 unspecified atom stereocenters. The van der Waals surface area contributed by atoms with Crippen molar-refractivity contribution in [3.8, 4) is 22.8 Å². The molecule has 1 aliphatic rings. The first-order chi connectivity index (χ1) is 15.5. The number of allylic oxidation sites excluding steroid dienone is 1. The maximum atomic E-state index is 13.2. The van der Waals surface area contributed by atoms with Gasteiger partial charge < -0.3 is 15.4 Å². The monoisotopic (exact) mass is 431 g/mol. The number of rotatable bonds is 6. The van der Waals surface area contributed by atoms with Crippen LogP contribution in [0.3, 0.4) is 0 Å². The highest BCUT2D eigenvalue weighted by Crippen LogP contribution is 2.33. The molecule has 5 nitrogen and oxygen atoms in total. The van der Waals surface area contributed by atoms with Crippen LogP contribution in [0.25, 0.3) is 11.3 Å². The zero-order valence-electron chi connectivity index (χ0n) is 18.0. The third-order valence-electron chi connectivity index (χ3n) is 5.66. The summed E-state index contributed by atoms with van der Waals surface area (Å²) in [7, 11) is 0. The van der Waals surface area contributed by atoms with Crippen LogP contribution < -0.4 is 10.5 Å². The average molecular weight is 432 g/mol. The molecule has 164 valence electrons. The van der Waals surface area contributed by atoms with Crippen LogP contribution in [0.1, 0.15) is 41.6 Å². The van der Waals surface area contributed by atoms with Crippen LogP contribution in [0.15, 0.2) is 78.9 Å². The van der Waals surface area contributed by atoms with Gasteiger partial charge in [0.25, 0.3) is 0 Å². The number of para-hydroxylation sites is 1. The van der Waals surface area contributed by atoms with Gasteiger partial charge in [-0.25, -0.2) is 4.39 Å². The second-order valence-electron chi connectivity index (χ2n) is 7.99. The van der Waals surface area contributed by atoms with Crippen molar-refractivity contribution in [2.45, 2.75) is 25.7 Å². The van der Waals surface area contributed by atoms with Gasteiger partial charge in [0.1, 0.15) is 17.3 Å². The van der Waals surface area contributed by atoms with E-state index in [1.54, 1.807) is 18.5 Å². The predicted molar refractivity (Wildman–Crippen MR) is 123 cm³/mol. The second kappa shape index (κ2) is 9.64. The van der Waals surface area contributed by atoms with E-state index in [0.29, 0.717) is 28.5 Å². The van der Waals surface area contributed by atoms with Crippen molar-refractivity contribution in [3.63, 3.8) is 0 Å². The topological polar surface area (TPSA) is 68.5 Å². The van der Waals surface area contributed by atoms with Gasteiger partial charge in [0.2, 0.25) is 5.91 Å². The molecule has 1 fully saturated rings. The Kier molecular flexibility index (Phi) is 6.50. The molecule has 0 aliphatic carbocycles. The first-order valence-electron chi connectivity index (χ1n) is 10.7. The normalized spacial score (nSPS) is 14.9. The number of pyridine rings is 1. The van der Waals surface area contributed by atoms with Crippen molar-refractivity contribution < 1.29 is 13.9 Å². The average Bonchev–Trinajstić information content (AvgIpc) is 2.80. The van der Waals surface area contributed by atoms with Crippen LogP contribution in [0.5, 0.6) is 11.5 Å². The van der Waals surface area contributed by atoms with E-state index in [2.05, 4.69) is 4.98 Å². The SMILES string of the molecule is CC(F)=CN1CCC(c2ccc(C(N)=O)c(-c3ccc(Oc4ccccc4)cn3)c2)CC1. The fourth-order valence-corrected chi connectivity index (χ4v) is 4.08. The number of amides is 1. The Labute approximate surface area is 187 Å². The number of nitrogens with two attached hydrogens (primary N) is 1. The van der Waals surface area contributed by atoms with Gasteiger partial charge in [-0.1, -0.05) is 24.3 Å². The third-order valence-corrected chi connectivity index (χ3v) is 5.66. The first-order valence-corrected chi connectivity index (χ1v) is 10.7. The fraction of sp³-hybridized carbons (Fsp3) is 0.231. The molecule has 6 heteroatoms. The predicted octanol–water partition coefficient (Wildman–Crippen LogP) is 5.65. The van der Waals surface area contributed by atoms with Gasteiger partial charge in [-0.3, -0.25) is 9.78 Å². The van der Waals surface area contributed by atoms with Crippen LogP contribution in [-0.4, -0.2) is 28.9 Å². The highest BCUT2D eigenvalue weighted by molar-refractivity contribution is 5.99. The van der Waals surface area contributed by atoms with Gasteiger partial charge >= 0.3 is 0 Å². The Morgan fingerprint density at radius 3 is 2.47 bits per heavy atom. The van der Waals surface area contributed by atoms with Gasteiger partial charge in [-0.05, 0) is 67.6 Å². The second-order valence-corrected chi connectivity index (χ2v) is 7.99.